The van der Waals surface area contributed by atoms with Crippen LogP contribution in [-0.2, 0) is 27.3 Å². The van der Waals surface area contributed by atoms with Crippen molar-refractivity contribution in [3.8, 4) is 0 Å². The molecule has 2 aliphatic heterocycles. The van der Waals surface area contributed by atoms with Gasteiger partial charge in [0.25, 0.3) is 11.7 Å². The molecule has 3 N–H and O–H groups in total. The average Bonchev–Trinajstić information content (AvgIpc) is 3.05. The third-order valence-corrected chi connectivity index (χ3v) is 5.35. The highest BCUT2D eigenvalue weighted by molar-refractivity contribution is 6.02. The highest BCUT2D eigenvalue weighted by Gasteiger charge is 2.49. The van der Waals surface area contributed by atoms with E-state index < -0.39 is 41.8 Å². The van der Waals surface area contributed by atoms with Crippen LogP contribution in [0.4, 0.5) is 29.3 Å². The smallest absolute Gasteiger partial charge is 0.407 e. The van der Waals surface area contributed by atoms with Crippen molar-refractivity contribution in [1.82, 2.24) is 5.32 Å². The number of rotatable bonds is 4. The van der Waals surface area contributed by atoms with Crippen LogP contribution >= 0.6 is 0 Å². The number of carbonyl (C=O) groups excluding carboxylic acids is 3. The van der Waals surface area contributed by atoms with E-state index in [1.165, 1.54) is 4.90 Å². The SMILES string of the molecule is O=C1CCc2cc(N3CC[C@](O)(OC(=O)NCc4ccc(F)c(F)c4F)C3=O)ccc2N1. The van der Waals surface area contributed by atoms with Crippen molar-refractivity contribution in [3.05, 3.63) is 58.9 Å². The van der Waals surface area contributed by atoms with Crippen LogP contribution in [0.15, 0.2) is 30.3 Å². The number of benzene rings is 2. The van der Waals surface area contributed by atoms with Gasteiger partial charge in [-0.2, -0.15) is 0 Å². The topological polar surface area (TPSA) is 108 Å². The van der Waals surface area contributed by atoms with E-state index in [4.69, 9.17) is 4.74 Å². The number of hydrogen-bond acceptors (Lipinski definition) is 5. The Labute approximate surface area is 180 Å². The van der Waals surface area contributed by atoms with Crippen LogP contribution in [0.2, 0.25) is 0 Å². The first-order chi connectivity index (χ1) is 15.2. The molecule has 1 fully saturated rings. The van der Waals surface area contributed by atoms with E-state index in [2.05, 4.69) is 10.6 Å². The van der Waals surface area contributed by atoms with Crippen LogP contribution in [0.1, 0.15) is 24.0 Å². The lowest BCUT2D eigenvalue weighted by atomic mass is 10.0. The van der Waals surface area contributed by atoms with Gasteiger partial charge < -0.3 is 25.4 Å². The van der Waals surface area contributed by atoms with Crippen LogP contribution in [0, 0.1) is 17.5 Å². The van der Waals surface area contributed by atoms with Gasteiger partial charge in [-0.05, 0) is 36.2 Å². The van der Waals surface area contributed by atoms with Crippen molar-refractivity contribution in [1.29, 1.82) is 0 Å². The zero-order valence-corrected chi connectivity index (χ0v) is 16.6. The molecule has 11 heteroatoms. The predicted octanol–water partition coefficient (Wildman–Crippen LogP) is 2.34. The summed E-state index contributed by atoms with van der Waals surface area (Å²) in [4.78, 5) is 37.5. The van der Waals surface area contributed by atoms with Gasteiger partial charge in [-0.3, -0.25) is 9.59 Å². The number of nitrogens with one attached hydrogen (secondary N) is 2. The van der Waals surface area contributed by atoms with Gasteiger partial charge in [-0.15, -0.1) is 0 Å². The van der Waals surface area contributed by atoms with Gasteiger partial charge in [0.1, 0.15) is 0 Å². The Balaban J connectivity index is 1.41. The second kappa shape index (κ2) is 8.15. The molecule has 32 heavy (non-hydrogen) atoms. The second-order valence-electron chi connectivity index (χ2n) is 7.46. The molecule has 0 radical (unpaired) electrons. The fraction of sp³-hybridized carbons (Fsp3) is 0.286. The summed E-state index contributed by atoms with van der Waals surface area (Å²) in [6.45, 7) is -0.488. The highest BCUT2D eigenvalue weighted by atomic mass is 19.2. The largest absolute Gasteiger partial charge is 0.410 e. The number of hydrogen-bond donors (Lipinski definition) is 3. The van der Waals surface area contributed by atoms with Gasteiger partial charge in [0.05, 0.1) is 0 Å². The molecule has 2 aromatic carbocycles. The first-order valence-electron chi connectivity index (χ1n) is 9.74. The summed E-state index contributed by atoms with van der Waals surface area (Å²) in [6.07, 6.45) is -0.635. The first kappa shape index (κ1) is 21.6. The molecular weight excluding hydrogens is 431 g/mol. The number of nitrogens with zero attached hydrogens (tertiary/aromatic N) is 1. The van der Waals surface area contributed by atoms with E-state index in [1.54, 1.807) is 18.2 Å². The van der Waals surface area contributed by atoms with Crippen molar-refractivity contribution in [2.24, 2.45) is 0 Å². The molecule has 0 spiro atoms. The maximum atomic E-state index is 13.7. The van der Waals surface area contributed by atoms with E-state index in [9.17, 15) is 32.7 Å². The van der Waals surface area contributed by atoms with E-state index in [-0.39, 0.29) is 24.4 Å². The molecule has 1 atom stereocenters. The van der Waals surface area contributed by atoms with E-state index in [0.29, 0.717) is 30.3 Å². The van der Waals surface area contributed by atoms with Gasteiger partial charge >= 0.3 is 6.09 Å². The lowest BCUT2D eigenvalue weighted by molar-refractivity contribution is -0.175. The lowest BCUT2D eigenvalue weighted by Crippen LogP contribution is -2.46. The van der Waals surface area contributed by atoms with Crippen molar-refractivity contribution >= 4 is 29.3 Å². The van der Waals surface area contributed by atoms with Crippen LogP contribution in [-0.4, -0.2) is 35.3 Å². The van der Waals surface area contributed by atoms with Gasteiger partial charge in [-0.1, -0.05) is 6.07 Å². The minimum atomic E-state index is -2.44. The summed E-state index contributed by atoms with van der Waals surface area (Å²) >= 11 is 0. The standard InChI is InChI=1S/C21H18F3N3O5/c22-14-4-1-12(17(23)18(14)24)10-25-20(30)32-21(31)7-8-27(19(21)29)13-3-5-15-11(9-13)2-6-16(28)26-15/h1,3-5,9,31H,2,6-8,10H2,(H,25,30)(H,26,28)/t21-/m0/s1. The normalized spacial score (nSPS) is 20.1. The van der Waals surface area contributed by atoms with Crippen molar-refractivity contribution in [2.75, 3.05) is 16.8 Å². The zero-order chi connectivity index (χ0) is 23.0. The molecule has 4 rings (SSSR count). The summed E-state index contributed by atoms with van der Waals surface area (Å²) in [5.74, 6) is -7.92. The first-order valence-corrected chi connectivity index (χ1v) is 9.74. The quantitative estimate of drug-likeness (QED) is 0.491. The van der Waals surface area contributed by atoms with E-state index >= 15 is 0 Å². The summed E-state index contributed by atoms with van der Waals surface area (Å²) in [6, 6.07) is 6.61. The van der Waals surface area contributed by atoms with Gasteiger partial charge in [0, 0.05) is 42.9 Å². The Morgan fingerprint density at radius 1 is 1.16 bits per heavy atom. The molecule has 1 saturated heterocycles. The summed E-state index contributed by atoms with van der Waals surface area (Å²) in [5.41, 5.74) is 1.60. The highest BCUT2D eigenvalue weighted by Crippen LogP contribution is 2.33. The number of alkyl carbamates (subject to hydrolysis) is 1. The summed E-state index contributed by atoms with van der Waals surface area (Å²) in [5, 5.41) is 15.4. The fourth-order valence-electron chi connectivity index (χ4n) is 3.62. The number of anilines is 2. The molecular formula is C21H18F3N3O5. The molecule has 8 nitrogen and oxygen atoms in total. The summed E-state index contributed by atoms with van der Waals surface area (Å²) < 4.78 is 44.8. The lowest BCUT2D eigenvalue weighted by Gasteiger charge is -2.24. The van der Waals surface area contributed by atoms with Crippen LogP contribution < -0.4 is 15.5 Å². The average molecular weight is 449 g/mol. The minimum Gasteiger partial charge on any atom is -0.407 e. The Bertz CT molecular complexity index is 1130. The third kappa shape index (κ3) is 3.98. The van der Waals surface area contributed by atoms with Crippen molar-refractivity contribution in [2.45, 2.75) is 31.6 Å². The summed E-state index contributed by atoms with van der Waals surface area (Å²) in [7, 11) is 0. The number of ether oxygens (including phenoxy) is 1. The van der Waals surface area contributed by atoms with E-state index in [1.807, 2.05) is 0 Å². The molecule has 0 saturated carbocycles. The van der Waals surface area contributed by atoms with Crippen LogP contribution in [0.5, 0.6) is 0 Å². The number of aryl methyl sites for hydroxylation is 1. The number of halogens is 3. The monoisotopic (exact) mass is 449 g/mol. The fourth-order valence-corrected chi connectivity index (χ4v) is 3.62. The van der Waals surface area contributed by atoms with Crippen molar-refractivity contribution in [3.63, 3.8) is 0 Å². The predicted molar refractivity (Wildman–Crippen MR) is 105 cm³/mol. The maximum Gasteiger partial charge on any atom is 0.410 e. The number of carbonyl (C=O) groups is 3. The Morgan fingerprint density at radius 3 is 2.72 bits per heavy atom. The van der Waals surface area contributed by atoms with Gasteiger partial charge in [-0.25, -0.2) is 18.0 Å². The molecule has 0 bridgehead atoms. The minimum absolute atomic E-state index is 0.0611. The number of amides is 3. The molecule has 3 amide bonds. The Hall–Kier alpha value is -3.60. The second-order valence-corrected chi connectivity index (χ2v) is 7.46. The molecule has 0 unspecified atom stereocenters. The van der Waals surface area contributed by atoms with E-state index in [0.717, 1.165) is 11.6 Å². The molecule has 2 aliphatic rings. The number of aliphatic hydroxyl groups is 1. The van der Waals surface area contributed by atoms with Gasteiger partial charge in [0.15, 0.2) is 17.5 Å². The van der Waals surface area contributed by atoms with Crippen molar-refractivity contribution < 1.29 is 37.4 Å². The molecule has 0 aliphatic carbocycles. The Morgan fingerprint density at radius 2 is 1.94 bits per heavy atom. The molecule has 168 valence electrons. The maximum absolute atomic E-state index is 13.7. The van der Waals surface area contributed by atoms with Gasteiger partial charge in [0.2, 0.25) is 5.91 Å². The Kier molecular flexibility index (Phi) is 5.51. The number of fused-ring (bicyclic) bond motifs is 1. The third-order valence-electron chi connectivity index (χ3n) is 5.35. The van der Waals surface area contributed by atoms with Crippen LogP contribution in [0.3, 0.4) is 0 Å². The molecule has 2 aromatic rings. The zero-order valence-electron chi connectivity index (χ0n) is 16.6. The molecule has 2 heterocycles. The molecule has 0 aromatic heterocycles. The van der Waals surface area contributed by atoms with Crippen LogP contribution in [0.25, 0.3) is 0 Å².